The monoisotopic (exact) mass is 198 g/mol. The van der Waals surface area contributed by atoms with Crippen molar-refractivity contribution in [3.8, 4) is 0 Å². The summed E-state index contributed by atoms with van der Waals surface area (Å²) < 4.78 is 9.82. The number of methoxy groups -OCH3 is 2. The van der Waals surface area contributed by atoms with Gasteiger partial charge in [0.2, 0.25) is 0 Å². The van der Waals surface area contributed by atoms with Crippen LogP contribution in [-0.4, -0.2) is 31.8 Å². The predicted molar refractivity (Wildman–Crippen MR) is 47.3 cm³/mol. The van der Waals surface area contributed by atoms with Crippen molar-refractivity contribution in [2.75, 3.05) is 20.1 Å². The van der Waals surface area contributed by atoms with Crippen LogP contribution in [0.5, 0.6) is 0 Å². The van der Waals surface area contributed by atoms with Crippen LogP contribution in [-0.2, 0) is 9.47 Å². The maximum atomic E-state index is 5.86. The number of ether oxygens (including phenoxy) is 2. The second-order valence-corrected chi connectivity index (χ2v) is 2.77. The lowest BCUT2D eigenvalue weighted by molar-refractivity contribution is -0.0975. The van der Waals surface area contributed by atoms with Gasteiger partial charge in [-0.15, -0.1) is 23.2 Å². The molecule has 0 aromatic heterocycles. The largest absolute Gasteiger partial charge is 0.354 e. The Balaban J connectivity index is 3.97. The van der Waals surface area contributed by atoms with Crippen LogP contribution < -0.4 is 0 Å². The van der Waals surface area contributed by atoms with Crippen LogP contribution in [0.15, 0.2) is 12.2 Å². The summed E-state index contributed by atoms with van der Waals surface area (Å²) in [5, 5.41) is -0.387. The molecule has 0 aromatic rings. The molecule has 0 aromatic carbocycles. The topological polar surface area (TPSA) is 18.5 Å². The van der Waals surface area contributed by atoms with Gasteiger partial charge in [0.25, 0.3) is 0 Å². The average Bonchev–Trinajstić information content (AvgIpc) is 2.05. The van der Waals surface area contributed by atoms with Crippen molar-refractivity contribution in [2.45, 2.75) is 11.7 Å². The molecule has 0 radical (unpaired) electrons. The lowest BCUT2D eigenvalue weighted by Gasteiger charge is -2.19. The Hall–Kier alpha value is 0.240. The Bertz CT molecular complexity index is 124. The van der Waals surface area contributed by atoms with E-state index in [0.717, 1.165) is 0 Å². The minimum absolute atomic E-state index is 0.317. The van der Waals surface area contributed by atoms with E-state index in [4.69, 9.17) is 32.7 Å². The van der Waals surface area contributed by atoms with Crippen LogP contribution in [0.1, 0.15) is 0 Å². The van der Waals surface area contributed by atoms with Crippen LogP contribution in [0, 0.1) is 0 Å². The van der Waals surface area contributed by atoms with Gasteiger partial charge in [-0.05, 0) is 5.57 Å². The lowest BCUT2D eigenvalue weighted by atomic mass is 10.2. The first-order valence-electron chi connectivity index (χ1n) is 3.10. The van der Waals surface area contributed by atoms with Crippen molar-refractivity contribution in [3.05, 3.63) is 12.2 Å². The summed E-state index contributed by atoms with van der Waals surface area (Å²) in [6.07, 6.45) is -0.470. The summed E-state index contributed by atoms with van der Waals surface area (Å²) in [4.78, 5) is 0. The smallest absolute Gasteiger partial charge is 0.176 e. The zero-order valence-electron chi connectivity index (χ0n) is 6.64. The summed E-state index contributed by atoms with van der Waals surface area (Å²) in [5.41, 5.74) is 0.696. The summed E-state index contributed by atoms with van der Waals surface area (Å²) in [6, 6.07) is 0. The maximum Gasteiger partial charge on any atom is 0.176 e. The van der Waals surface area contributed by atoms with Gasteiger partial charge in [-0.1, -0.05) is 6.58 Å². The van der Waals surface area contributed by atoms with Crippen molar-refractivity contribution in [3.63, 3.8) is 0 Å². The van der Waals surface area contributed by atoms with E-state index >= 15 is 0 Å². The zero-order chi connectivity index (χ0) is 8.85. The fraction of sp³-hybridized carbons (Fsp3) is 0.714. The number of hydrogen-bond donors (Lipinski definition) is 0. The van der Waals surface area contributed by atoms with E-state index in [0.29, 0.717) is 11.5 Å². The molecule has 0 saturated heterocycles. The van der Waals surface area contributed by atoms with Gasteiger partial charge >= 0.3 is 0 Å². The highest BCUT2D eigenvalue weighted by atomic mass is 35.5. The highest BCUT2D eigenvalue weighted by molar-refractivity contribution is 6.25. The van der Waals surface area contributed by atoms with Gasteiger partial charge in [0, 0.05) is 20.1 Å². The van der Waals surface area contributed by atoms with E-state index in [2.05, 4.69) is 6.58 Å². The molecule has 0 aliphatic carbocycles. The van der Waals surface area contributed by atoms with Crippen LogP contribution in [0.3, 0.4) is 0 Å². The molecular weight excluding hydrogens is 187 g/mol. The van der Waals surface area contributed by atoms with E-state index in [1.165, 1.54) is 14.2 Å². The molecule has 0 bridgehead atoms. The first-order valence-corrected chi connectivity index (χ1v) is 4.07. The summed E-state index contributed by atoms with van der Waals surface area (Å²) in [7, 11) is 3.04. The molecule has 11 heavy (non-hydrogen) atoms. The molecule has 0 aliphatic heterocycles. The third-order valence-electron chi connectivity index (χ3n) is 1.27. The highest BCUT2D eigenvalue weighted by Gasteiger charge is 2.20. The standard InChI is InChI=1S/C7H12Cl2O2/c1-5(4-8)6(9)7(10-2)11-3/h6-7H,1,4H2,2-3H3. The van der Waals surface area contributed by atoms with Crippen LogP contribution in [0.4, 0.5) is 0 Å². The molecule has 0 aliphatic rings. The average molecular weight is 199 g/mol. The summed E-state index contributed by atoms with van der Waals surface area (Å²) in [6.45, 7) is 3.67. The molecule has 2 nitrogen and oxygen atoms in total. The number of hydrogen-bond acceptors (Lipinski definition) is 2. The van der Waals surface area contributed by atoms with Crippen molar-refractivity contribution >= 4 is 23.2 Å². The van der Waals surface area contributed by atoms with Gasteiger partial charge in [0.05, 0.1) is 0 Å². The van der Waals surface area contributed by atoms with E-state index < -0.39 is 6.29 Å². The SMILES string of the molecule is C=C(CCl)C(Cl)C(OC)OC. The van der Waals surface area contributed by atoms with Crippen LogP contribution >= 0.6 is 23.2 Å². The molecule has 0 N–H and O–H groups in total. The maximum absolute atomic E-state index is 5.86. The summed E-state index contributed by atoms with van der Waals surface area (Å²) >= 11 is 11.4. The second kappa shape index (κ2) is 5.84. The number of halogens is 2. The van der Waals surface area contributed by atoms with Crippen molar-refractivity contribution in [1.29, 1.82) is 0 Å². The van der Waals surface area contributed by atoms with Gasteiger partial charge < -0.3 is 9.47 Å². The van der Waals surface area contributed by atoms with E-state index in [9.17, 15) is 0 Å². The second-order valence-electron chi connectivity index (χ2n) is 2.03. The number of alkyl halides is 2. The lowest BCUT2D eigenvalue weighted by Crippen LogP contribution is -2.27. The molecule has 0 amide bonds. The van der Waals surface area contributed by atoms with Gasteiger partial charge in [-0.3, -0.25) is 0 Å². The first-order chi connectivity index (χ1) is 5.17. The molecule has 0 fully saturated rings. The highest BCUT2D eigenvalue weighted by Crippen LogP contribution is 2.16. The Kier molecular flexibility index (Phi) is 5.96. The van der Waals surface area contributed by atoms with Crippen molar-refractivity contribution < 1.29 is 9.47 Å². The first kappa shape index (κ1) is 11.2. The third-order valence-corrected chi connectivity index (χ3v) is 2.12. The van der Waals surface area contributed by atoms with Crippen LogP contribution in [0.25, 0.3) is 0 Å². The van der Waals surface area contributed by atoms with Crippen molar-refractivity contribution in [2.24, 2.45) is 0 Å². The van der Waals surface area contributed by atoms with E-state index in [1.807, 2.05) is 0 Å². The molecule has 1 atom stereocenters. The molecule has 0 heterocycles. The molecule has 1 unspecified atom stereocenters. The molecular formula is C7H12Cl2O2. The Morgan fingerprint density at radius 2 is 1.91 bits per heavy atom. The fourth-order valence-corrected chi connectivity index (χ4v) is 1.13. The molecule has 0 spiro atoms. The zero-order valence-corrected chi connectivity index (χ0v) is 8.15. The summed E-state index contributed by atoms with van der Waals surface area (Å²) in [5.74, 6) is 0.317. The molecule has 66 valence electrons. The van der Waals surface area contributed by atoms with Gasteiger partial charge in [0.15, 0.2) is 6.29 Å². The quantitative estimate of drug-likeness (QED) is 0.383. The van der Waals surface area contributed by atoms with E-state index in [-0.39, 0.29) is 5.38 Å². The van der Waals surface area contributed by atoms with Gasteiger partial charge in [0.1, 0.15) is 5.38 Å². The predicted octanol–water partition coefficient (Wildman–Crippen LogP) is 2.01. The van der Waals surface area contributed by atoms with Crippen molar-refractivity contribution in [1.82, 2.24) is 0 Å². The minimum Gasteiger partial charge on any atom is -0.354 e. The van der Waals surface area contributed by atoms with Gasteiger partial charge in [-0.25, -0.2) is 0 Å². The fourth-order valence-electron chi connectivity index (χ4n) is 0.601. The minimum atomic E-state index is -0.470. The Morgan fingerprint density at radius 1 is 1.45 bits per heavy atom. The molecule has 4 heteroatoms. The molecule has 0 rings (SSSR count). The third kappa shape index (κ3) is 3.43. The van der Waals surface area contributed by atoms with E-state index in [1.54, 1.807) is 0 Å². The van der Waals surface area contributed by atoms with Crippen LogP contribution in [0.2, 0.25) is 0 Å². The Labute approximate surface area is 77.1 Å². The Morgan fingerprint density at radius 3 is 2.18 bits per heavy atom. The normalized spacial score (nSPS) is 13.5. The molecule has 0 saturated carbocycles. The van der Waals surface area contributed by atoms with Gasteiger partial charge in [-0.2, -0.15) is 0 Å². The number of rotatable bonds is 5.